The molecular weight excluding hydrogens is 190 g/mol. The number of esters is 1. The van der Waals surface area contributed by atoms with Crippen LogP contribution in [0.3, 0.4) is 0 Å². The Morgan fingerprint density at radius 1 is 1.36 bits per heavy atom. The van der Waals surface area contributed by atoms with Crippen LogP contribution in [0.5, 0.6) is 5.75 Å². The van der Waals surface area contributed by atoms with Gasteiger partial charge in [-0.2, -0.15) is 0 Å². The van der Waals surface area contributed by atoms with Gasteiger partial charge in [-0.25, -0.2) is 4.79 Å². The SMILES string of the molecule is COC(=O)c1ccc(O)cc1.O=NO. The number of hydrogen-bond donors (Lipinski definition) is 2. The summed E-state index contributed by atoms with van der Waals surface area (Å²) in [6.45, 7) is 0. The Hall–Kier alpha value is -2.11. The average Bonchev–Trinajstić information content (AvgIpc) is 2.19. The molecule has 0 aliphatic rings. The van der Waals surface area contributed by atoms with Crippen LogP contribution < -0.4 is 0 Å². The van der Waals surface area contributed by atoms with Crippen LogP contribution in [0, 0.1) is 4.91 Å². The van der Waals surface area contributed by atoms with Crippen LogP contribution in [-0.4, -0.2) is 23.4 Å². The van der Waals surface area contributed by atoms with Crippen molar-refractivity contribution in [1.82, 2.24) is 0 Å². The highest BCUT2D eigenvalue weighted by Gasteiger charge is 2.02. The second kappa shape index (κ2) is 6.41. The van der Waals surface area contributed by atoms with Crippen molar-refractivity contribution in [2.45, 2.75) is 0 Å². The van der Waals surface area contributed by atoms with Gasteiger partial charge in [0.1, 0.15) is 5.75 Å². The summed E-state index contributed by atoms with van der Waals surface area (Å²) in [6, 6.07) is 5.88. The molecule has 0 aromatic heterocycles. The first-order valence-electron chi connectivity index (χ1n) is 3.49. The highest BCUT2D eigenvalue weighted by atomic mass is 16.6. The number of nitrogens with zero attached hydrogens (tertiary/aromatic N) is 1. The lowest BCUT2D eigenvalue weighted by atomic mass is 10.2. The van der Waals surface area contributed by atoms with E-state index in [9.17, 15) is 4.79 Å². The van der Waals surface area contributed by atoms with Gasteiger partial charge in [0.2, 0.25) is 0 Å². The summed E-state index contributed by atoms with van der Waals surface area (Å²) < 4.78 is 4.46. The first kappa shape index (κ1) is 11.9. The summed E-state index contributed by atoms with van der Waals surface area (Å²) in [5.41, 5.74) is 0.435. The van der Waals surface area contributed by atoms with Gasteiger partial charge >= 0.3 is 5.97 Å². The molecule has 76 valence electrons. The Bertz CT molecular complexity index is 295. The van der Waals surface area contributed by atoms with Crippen LogP contribution in [-0.2, 0) is 4.74 Å². The summed E-state index contributed by atoms with van der Waals surface area (Å²) in [4.78, 5) is 18.9. The van der Waals surface area contributed by atoms with E-state index in [1.807, 2.05) is 0 Å². The van der Waals surface area contributed by atoms with Gasteiger partial charge in [0, 0.05) is 0 Å². The minimum atomic E-state index is -0.398. The molecule has 0 saturated heterocycles. The fourth-order valence-electron chi connectivity index (χ4n) is 0.715. The van der Waals surface area contributed by atoms with Gasteiger partial charge in [0.25, 0.3) is 0 Å². The lowest BCUT2D eigenvalue weighted by molar-refractivity contribution is 0.0600. The molecule has 6 nitrogen and oxygen atoms in total. The van der Waals surface area contributed by atoms with Gasteiger partial charge in [0.15, 0.2) is 5.34 Å². The van der Waals surface area contributed by atoms with Crippen molar-refractivity contribution >= 4 is 5.97 Å². The number of rotatable bonds is 1. The summed E-state index contributed by atoms with van der Waals surface area (Å²) >= 11 is 0. The number of hydrogen-bond acceptors (Lipinski definition) is 5. The van der Waals surface area contributed by atoms with Crippen molar-refractivity contribution in [3.05, 3.63) is 34.7 Å². The number of carbonyl (C=O) groups is 1. The molecule has 0 amide bonds. The van der Waals surface area contributed by atoms with Crippen LogP contribution in [0.25, 0.3) is 0 Å². The number of methoxy groups -OCH3 is 1. The number of aromatic hydroxyl groups is 1. The Labute approximate surface area is 79.7 Å². The highest BCUT2D eigenvalue weighted by Crippen LogP contribution is 2.09. The van der Waals surface area contributed by atoms with Gasteiger partial charge in [-0.1, -0.05) is 0 Å². The number of ether oxygens (including phenoxy) is 1. The molecule has 14 heavy (non-hydrogen) atoms. The third kappa shape index (κ3) is 4.05. The second-order valence-corrected chi connectivity index (χ2v) is 2.12. The van der Waals surface area contributed by atoms with Gasteiger partial charge in [0.05, 0.1) is 12.7 Å². The van der Waals surface area contributed by atoms with E-state index < -0.39 is 5.97 Å². The summed E-state index contributed by atoms with van der Waals surface area (Å²) in [6.07, 6.45) is 0. The van der Waals surface area contributed by atoms with Crippen molar-refractivity contribution < 1.29 is 19.8 Å². The Kier molecular flexibility index (Phi) is 5.44. The molecule has 2 N–H and O–H groups in total. The predicted octanol–water partition coefficient (Wildman–Crippen LogP) is 1.32. The Morgan fingerprint density at radius 2 is 1.79 bits per heavy atom. The van der Waals surface area contributed by atoms with Gasteiger partial charge < -0.3 is 15.1 Å². The first-order valence-corrected chi connectivity index (χ1v) is 3.49. The number of phenols is 1. The van der Waals surface area contributed by atoms with E-state index in [4.69, 9.17) is 15.2 Å². The first-order chi connectivity index (χ1) is 6.65. The minimum absolute atomic E-state index is 0.137. The van der Waals surface area contributed by atoms with E-state index in [1.165, 1.54) is 36.7 Å². The number of carbonyl (C=O) groups excluding carboxylic acids is 1. The van der Waals surface area contributed by atoms with E-state index in [-0.39, 0.29) is 5.75 Å². The maximum absolute atomic E-state index is 10.8. The van der Waals surface area contributed by atoms with Crippen LogP contribution in [0.4, 0.5) is 0 Å². The molecular formula is C8H9NO5. The summed E-state index contributed by atoms with van der Waals surface area (Å²) in [5, 5.41) is 16.7. The number of benzene rings is 1. The molecule has 0 radical (unpaired) electrons. The molecule has 0 unspecified atom stereocenters. The average molecular weight is 199 g/mol. The van der Waals surface area contributed by atoms with E-state index in [0.29, 0.717) is 5.56 Å². The maximum atomic E-state index is 10.8. The van der Waals surface area contributed by atoms with Crippen LogP contribution in [0.1, 0.15) is 10.4 Å². The Balaban J connectivity index is 0.000000500. The molecule has 0 bridgehead atoms. The molecule has 0 heterocycles. The van der Waals surface area contributed by atoms with Crippen molar-refractivity contribution in [2.75, 3.05) is 7.11 Å². The van der Waals surface area contributed by atoms with Crippen molar-refractivity contribution in [2.24, 2.45) is 5.34 Å². The fraction of sp³-hybridized carbons (Fsp3) is 0.125. The molecule has 1 aromatic carbocycles. The third-order valence-electron chi connectivity index (χ3n) is 1.29. The normalized spacial score (nSPS) is 8.07. The number of phenolic OH excluding ortho intramolecular Hbond substituents is 1. The van der Waals surface area contributed by atoms with Crippen molar-refractivity contribution in [3.8, 4) is 5.75 Å². The molecule has 6 heteroatoms. The zero-order valence-electron chi connectivity index (χ0n) is 7.38. The highest BCUT2D eigenvalue weighted by molar-refractivity contribution is 5.89. The molecule has 1 rings (SSSR count). The van der Waals surface area contributed by atoms with Gasteiger partial charge in [-0.15, -0.1) is 4.91 Å². The largest absolute Gasteiger partial charge is 0.508 e. The molecule has 0 aliphatic heterocycles. The molecule has 0 atom stereocenters. The monoisotopic (exact) mass is 199 g/mol. The molecule has 0 fully saturated rings. The van der Waals surface area contributed by atoms with Gasteiger partial charge in [-0.05, 0) is 24.3 Å². The lowest BCUT2D eigenvalue weighted by Crippen LogP contribution is -1.99. The van der Waals surface area contributed by atoms with Gasteiger partial charge in [-0.3, -0.25) is 0 Å². The van der Waals surface area contributed by atoms with E-state index in [2.05, 4.69) is 4.74 Å². The summed E-state index contributed by atoms with van der Waals surface area (Å²) in [7, 11) is 1.31. The zero-order chi connectivity index (χ0) is 11.0. The molecule has 0 spiro atoms. The summed E-state index contributed by atoms with van der Waals surface area (Å²) in [5.74, 6) is -0.261. The Morgan fingerprint density at radius 3 is 2.14 bits per heavy atom. The third-order valence-corrected chi connectivity index (χ3v) is 1.29. The second-order valence-electron chi connectivity index (χ2n) is 2.12. The van der Waals surface area contributed by atoms with E-state index in [0.717, 1.165) is 0 Å². The molecule has 0 saturated carbocycles. The molecule has 1 aromatic rings. The van der Waals surface area contributed by atoms with E-state index >= 15 is 0 Å². The lowest BCUT2D eigenvalue weighted by Gasteiger charge is -1.97. The minimum Gasteiger partial charge on any atom is -0.508 e. The standard InChI is InChI=1S/C8H8O3.HNO2/c1-11-8(10)6-2-4-7(9)5-3-6;2-1-3/h2-5,9H,1H3;(H,2,3). The van der Waals surface area contributed by atoms with Crippen LogP contribution >= 0.6 is 0 Å². The predicted molar refractivity (Wildman–Crippen MR) is 47.0 cm³/mol. The topological polar surface area (TPSA) is 96.2 Å². The quantitative estimate of drug-likeness (QED) is 0.404. The maximum Gasteiger partial charge on any atom is 0.337 e. The smallest absolute Gasteiger partial charge is 0.337 e. The van der Waals surface area contributed by atoms with Crippen molar-refractivity contribution in [1.29, 1.82) is 0 Å². The van der Waals surface area contributed by atoms with Crippen LogP contribution in [0.2, 0.25) is 0 Å². The zero-order valence-corrected chi connectivity index (χ0v) is 7.38. The van der Waals surface area contributed by atoms with Crippen LogP contribution in [0.15, 0.2) is 29.6 Å². The van der Waals surface area contributed by atoms with Crippen molar-refractivity contribution in [3.63, 3.8) is 0 Å². The van der Waals surface area contributed by atoms with E-state index in [1.54, 1.807) is 0 Å². The fourth-order valence-corrected chi connectivity index (χ4v) is 0.715. The molecule has 0 aliphatic carbocycles.